The average molecular weight is 250 g/mol. The molecule has 1 aromatic rings. The molecule has 3 nitrogen and oxygen atoms in total. The minimum absolute atomic E-state index is 0.507. The van der Waals surface area contributed by atoms with Crippen molar-refractivity contribution < 1.29 is 14.3 Å². The van der Waals surface area contributed by atoms with Gasteiger partial charge in [0.15, 0.2) is 0 Å². The molecule has 100 valence electrons. The van der Waals surface area contributed by atoms with Gasteiger partial charge in [-0.3, -0.25) is 4.79 Å². The van der Waals surface area contributed by atoms with Crippen LogP contribution in [-0.4, -0.2) is 26.3 Å². The zero-order valence-electron chi connectivity index (χ0n) is 10.8. The molecule has 18 heavy (non-hydrogen) atoms. The number of benzene rings is 1. The van der Waals surface area contributed by atoms with E-state index in [0.29, 0.717) is 13.1 Å². The molecule has 0 saturated heterocycles. The van der Waals surface area contributed by atoms with Crippen LogP contribution in [0.3, 0.4) is 0 Å². The number of rotatable bonds is 11. The lowest BCUT2D eigenvalue weighted by atomic mass is 10.2. The van der Waals surface area contributed by atoms with Gasteiger partial charge in [-0.25, -0.2) is 0 Å². The highest BCUT2D eigenvalue weighted by Gasteiger charge is 1.93. The Morgan fingerprint density at radius 2 is 1.61 bits per heavy atom. The minimum atomic E-state index is 0.507. The molecule has 1 aromatic carbocycles. The highest BCUT2D eigenvalue weighted by atomic mass is 16.5. The van der Waals surface area contributed by atoms with Crippen LogP contribution in [0.15, 0.2) is 30.3 Å². The Bertz CT molecular complexity index is 298. The van der Waals surface area contributed by atoms with Crippen LogP contribution in [0.1, 0.15) is 31.2 Å². The predicted molar refractivity (Wildman–Crippen MR) is 71.4 cm³/mol. The molecule has 0 bridgehead atoms. The first kappa shape index (κ1) is 14.7. The maximum absolute atomic E-state index is 9.89. The average Bonchev–Trinajstić information content (AvgIpc) is 2.42. The van der Waals surface area contributed by atoms with Gasteiger partial charge in [0, 0.05) is 6.61 Å². The Balaban J connectivity index is 1.83. The van der Waals surface area contributed by atoms with Crippen molar-refractivity contribution >= 4 is 6.47 Å². The summed E-state index contributed by atoms with van der Waals surface area (Å²) in [5.74, 6) is 0. The lowest BCUT2D eigenvalue weighted by molar-refractivity contribution is -0.128. The van der Waals surface area contributed by atoms with E-state index in [9.17, 15) is 4.79 Å². The summed E-state index contributed by atoms with van der Waals surface area (Å²) in [7, 11) is 0. The Kier molecular flexibility index (Phi) is 8.81. The second kappa shape index (κ2) is 10.8. The van der Waals surface area contributed by atoms with Gasteiger partial charge in [0.2, 0.25) is 0 Å². The third-order valence-corrected chi connectivity index (χ3v) is 2.75. The van der Waals surface area contributed by atoms with Gasteiger partial charge in [0.05, 0.1) is 13.2 Å². The van der Waals surface area contributed by atoms with Crippen molar-refractivity contribution in [1.82, 2.24) is 0 Å². The molecule has 0 aliphatic carbocycles. The van der Waals surface area contributed by atoms with Crippen LogP contribution >= 0.6 is 0 Å². The number of ether oxygens (including phenoxy) is 2. The molecule has 0 spiro atoms. The van der Waals surface area contributed by atoms with E-state index >= 15 is 0 Å². The largest absolute Gasteiger partial charge is 0.468 e. The molecule has 0 aliphatic heterocycles. The van der Waals surface area contributed by atoms with Crippen molar-refractivity contribution in [3.63, 3.8) is 0 Å². The van der Waals surface area contributed by atoms with Gasteiger partial charge >= 0.3 is 0 Å². The maximum Gasteiger partial charge on any atom is 0.293 e. The first-order chi connectivity index (χ1) is 8.93. The molecule has 3 heteroatoms. The monoisotopic (exact) mass is 250 g/mol. The first-order valence-electron chi connectivity index (χ1n) is 6.60. The van der Waals surface area contributed by atoms with Crippen LogP contribution in [0, 0.1) is 0 Å². The molecule has 0 aromatic heterocycles. The number of carbonyl (C=O) groups is 1. The molecule has 0 amide bonds. The zero-order chi connectivity index (χ0) is 12.9. The molecular weight excluding hydrogens is 228 g/mol. The summed E-state index contributed by atoms with van der Waals surface area (Å²) in [6, 6.07) is 10.4. The summed E-state index contributed by atoms with van der Waals surface area (Å²) in [5, 5.41) is 0. The molecule has 1 rings (SSSR count). The molecule has 0 unspecified atom stereocenters. The minimum Gasteiger partial charge on any atom is -0.468 e. The van der Waals surface area contributed by atoms with Crippen molar-refractivity contribution in [3.05, 3.63) is 35.9 Å². The summed E-state index contributed by atoms with van der Waals surface area (Å²) in [4.78, 5) is 9.89. The molecule has 0 heterocycles. The Labute approximate surface area is 109 Å². The van der Waals surface area contributed by atoms with Crippen LogP contribution in [0.2, 0.25) is 0 Å². The summed E-state index contributed by atoms with van der Waals surface area (Å²) in [6.45, 7) is 2.66. The Morgan fingerprint density at radius 3 is 2.33 bits per heavy atom. The van der Waals surface area contributed by atoms with Crippen molar-refractivity contribution in [2.45, 2.75) is 32.1 Å². The predicted octanol–water partition coefficient (Wildman–Crippen LogP) is 2.98. The summed E-state index contributed by atoms with van der Waals surface area (Å²) < 4.78 is 10.2. The quantitative estimate of drug-likeness (QED) is 0.447. The molecule has 0 atom stereocenters. The van der Waals surface area contributed by atoms with E-state index in [0.717, 1.165) is 45.3 Å². The maximum atomic E-state index is 9.89. The molecule has 0 aliphatic rings. The van der Waals surface area contributed by atoms with Gasteiger partial charge in [-0.05, 0) is 31.2 Å². The van der Waals surface area contributed by atoms with E-state index in [1.807, 2.05) is 6.07 Å². The molecular formula is C15H22O3. The van der Waals surface area contributed by atoms with E-state index in [4.69, 9.17) is 4.74 Å². The number of carbonyl (C=O) groups excluding carboxylic acids is 1. The molecule has 0 saturated carbocycles. The highest BCUT2D eigenvalue weighted by molar-refractivity contribution is 5.36. The zero-order valence-corrected chi connectivity index (χ0v) is 10.8. The SMILES string of the molecule is O=COCCCCCCOCCc1ccccc1. The fourth-order valence-electron chi connectivity index (χ4n) is 1.73. The number of unbranched alkanes of at least 4 members (excludes halogenated alkanes) is 3. The number of hydrogen-bond acceptors (Lipinski definition) is 3. The number of hydrogen-bond donors (Lipinski definition) is 0. The van der Waals surface area contributed by atoms with Gasteiger partial charge in [-0.2, -0.15) is 0 Å². The van der Waals surface area contributed by atoms with Crippen LogP contribution in [0.25, 0.3) is 0 Å². The van der Waals surface area contributed by atoms with Gasteiger partial charge in [-0.1, -0.05) is 36.8 Å². The summed E-state index contributed by atoms with van der Waals surface area (Å²) in [6.07, 6.45) is 5.23. The van der Waals surface area contributed by atoms with E-state index in [2.05, 4.69) is 29.0 Å². The highest BCUT2D eigenvalue weighted by Crippen LogP contribution is 2.02. The van der Waals surface area contributed by atoms with Gasteiger partial charge < -0.3 is 9.47 Å². The van der Waals surface area contributed by atoms with Crippen LogP contribution in [0.4, 0.5) is 0 Å². The van der Waals surface area contributed by atoms with Gasteiger partial charge in [0.25, 0.3) is 6.47 Å². The van der Waals surface area contributed by atoms with Crippen LogP contribution in [0.5, 0.6) is 0 Å². The third-order valence-electron chi connectivity index (χ3n) is 2.75. The van der Waals surface area contributed by atoms with E-state index in [-0.39, 0.29) is 0 Å². The third kappa shape index (κ3) is 7.85. The van der Waals surface area contributed by atoms with Crippen LogP contribution in [-0.2, 0) is 20.7 Å². The van der Waals surface area contributed by atoms with Crippen molar-refractivity contribution in [2.75, 3.05) is 19.8 Å². The molecule has 0 fully saturated rings. The Morgan fingerprint density at radius 1 is 0.889 bits per heavy atom. The van der Waals surface area contributed by atoms with E-state index in [1.165, 1.54) is 5.56 Å². The topological polar surface area (TPSA) is 35.5 Å². The van der Waals surface area contributed by atoms with Gasteiger partial charge in [-0.15, -0.1) is 0 Å². The van der Waals surface area contributed by atoms with E-state index < -0.39 is 0 Å². The summed E-state index contributed by atoms with van der Waals surface area (Å²) >= 11 is 0. The normalized spacial score (nSPS) is 10.2. The van der Waals surface area contributed by atoms with Crippen molar-refractivity contribution in [1.29, 1.82) is 0 Å². The lowest BCUT2D eigenvalue weighted by Crippen LogP contribution is -2.00. The molecule has 0 N–H and O–H groups in total. The van der Waals surface area contributed by atoms with Crippen LogP contribution < -0.4 is 0 Å². The summed E-state index contributed by atoms with van der Waals surface area (Å²) in [5.41, 5.74) is 1.32. The van der Waals surface area contributed by atoms with Crippen molar-refractivity contribution in [2.24, 2.45) is 0 Å². The lowest BCUT2D eigenvalue weighted by Gasteiger charge is -2.04. The fourth-order valence-corrected chi connectivity index (χ4v) is 1.73. The second-order valence-electron chi connectivity index (χ2n) is 4.23. The second-order valence-corrected chi connectivity index (χ2v) is 4.23. The first-order valence-corrected chi connectivity index (χ1v) is 6.60. The Hall–Kier alpha value is -1.35. The van der Waals surface area contributed by atoms with Gasteiger partial charge in [0.1, 0.15) is 0 Å². The fraction of sp³-hybridized carbons (Fsp3) is 0.533. The standard InChI is InChI=1S/C15H22O3/c16-14-18-12-7-2-1-6-11-17-13-10-15-8-4-3-5-9-15/h3-5,8-9,14H,1-2,6-7,10-13H2. The van der Waals surface area contributed by atoms with E-state index in [1.54, 1.807) is 0 Å². The smallest absolute Gasteiger partial charge is 0.293 e. The van der Waals surface area contributed by atoms with Crippen molar-refractivity contribution in [3.8, 4) is 0 Å². The molecule has 0 radical (unpaired) electrons.